The van der Waals surface area contributed by atoms with Gasteiger partial charge in [-0.25, -0.2) is 0 Å². The van der Waals surface area contributed by atoms with E-state index in [4.69, 9.17) is 30.9 Å². The molecule has 1 unspecified atom stereocenters. The number of Topliss-reactive ketones (excluding diaryl/α,β-unsaturated/α-hetero) is 1. The van der Waals surface area contributed by atoms with E-state index in [2.05, 4.69) is 0 Å². The summed E-state index contributed by atoms with van der Waals surface area (Å²) in [5, 5.41) is 20.6. The number of hydrogen-bond acceptors (Lipinski definition) is 7. The lowest BCUT2D eigenvalue weighted by atomic mass is 9.94. The van der Waals surface area contributed by atoms with Gasteiger partial charge in [0, 0.05) is 12.6 Å². The highest BCUT2D eigenvalue weighted by Gasteiger charge is 2.46. The average Bonchev–Trinajstić information content (AvgIpc) is 3.07. The van der Waals surface area contributed by atoms with Crippen molar-refractivity contribution in [1.29, 1.82) is 0 Å². The summed E-state index contributed by atoms with van der Waals surface area (Å²) in [5.74, 6) is -0.940. The minimum atomic E-state index is -0.839. The van der Waals surface area contributed by atoms with E-state index in [-0.39, 0.29) is 40.9 Å². The number of likely N-dealkylation sites (tertiary alicyclic amines) is 1. The SMILES string of the molecule is CCCN1C(=O)C(=O)/C(=C(/O)c2cc(OC)c(Cl)cc2OC)C1c1cccc(OCCO)c1. The van der Waals surface area contributed by atoms with Gasteiger partial charge in [-0.3, -0.25) is 9.59 Å². The number of benzene rings is 2. The predicted octanol–water partition coefficient (Wildman–Crippen LogP) is 3.56. The average molecular weight is 476 g/mol. The molecule has 3 rings (SSSR count). The molecule has 0 saturated carbocycles. The van der Waals surface area contributed by atoms with Gasteiger partial charge in [0.15, 0.2) is 0 Å². The van der Waals surface area contributed by atoms with Gasteiger partial charge in [-0.2, -0.15) is 0 Å². The van der Waals surface area contributed by atoms with Crippen LogP contribution < -0.4 is 14.2 Å². The fourth-order valence-corrected chi connectivity index (χ4v) is 4.06. The van der Waals surface area contributed by atoms with Crippen molar-refractivity contribution in [1.82, 2.24) is 4.90 Å². The van der Waals surface area contributed by atoms with Crippen molar-refractivity contribution in [3.05, 3.63) is 58.1 Å². The number of halogens is 1. The number of aliphatic hydroxyl groups excluding tert-OH is 2. The van der Waals surface area contributed by atoms with Crippen LogP contribution >= 0.6 is 11.6 Å². The number of aliphatic hydroxyl groups is 2. The van der Waals surface area contributed by atoms with Crippen LogP contribution in [-0.2, 0) is 9.59 Å². The summed E-state index contributed by atoms with van der Waals surface area (Å²) < 4.78 is 16.1. The van der Waals surface area contributed by atoms with Crippen LogP contribution in [0.25, 0.3) is 5.76 Å². The normalized spacial score (nSPS) is 17.4. The second-order valence-electron chi connectivity index (χ2n) is 7.32. The molecule has 0 radical (unpaired) electrons. The van der Waals surface area contributed by atoms with E-state index < -0.39 is 23.5 Å². The van der Waals surface area contributed by atoms with Gasteiger partial charge in [0.05, 0.1) is 43.0 Å². The highest BCUT2D eigenvalue weighted by molar-refractivity contribution is 6.46. The van der Waals surface area contributed by atoms with Gasteiger partial charge in [0.25, 0.3) is 11.7 Å². The Bertz CT molecular complexity index is 1080. The van der Waals surface area contributed by atoms with Crippen molar-refractivity contribution >= 4 is 29.1 Å². The molecule has 1 fully saturated rings. The Labute approximate surface area is 196 Å². The van der Waals surface area contributed by atoms with Gasteiger partial charge in [0.1, 0.15) is 29.6 Å². The summed E-state index contributed by atoms with van der Waals surface area (Å²) >= 11 is 6.18. The lowest BCUT2D eigenvalue weighted by Crippen LogP contribution is -2.30. The van der Waals surface area contributed by atoms with Gasteiger partial charge in [-0.1, -0.05) is 30.7 Å². The molecule has 176 valence electrons. The Morgan fingerprint density at radius 1 is 1.12 bits per heavy atom. The van der Waals surface area contributed by atoms with E-state index in [9.17, 15) is 14.7 Å². The van der Waals surface area contributed by atoms with Crippen molar-refractivity contribution in [3.8, 4) is 17.2 Å². The molecule has 33 heavy (non-hydrogen) atoms. The molecule has 2 aromatic rings. The second kappa shape index (κ2) is 10.6. The minimum absolute atomic E-state index is 0.0737. The van der Waals surface area contributed by atoms with Gasteiger partial charge >= 0.3 is 0 Å². The fourth-order valence-electron chi connectivity index (χ4n) is 3.83. The van der Waals surface area contributed by atoms with Crippen molar-refractivity contribution in [2.24, 2.45) is 0 Å². The summed E-state index contributed by atoms with van der Waals surface area (Å²) in [6.07, 6.45) is 0.613. The number of methoxy groups -OCH3 is 2. The topological polar surface area (TPSA) is 106 Å². The standard InChI is InChI=1S/C24H26ClNO7/c1-4-8-26-21(14-6-5-7-15(11-14)33-10-9-27)20(23(29)24(26)30)22(28)16-12-19(32-3)17(25)13-18(16)31-2/h5-7,11-13,21,27-28H,4,8-10H2,1-3H3/b22-20+. The number of carbonyl (C=O) groups is 2. The number of hydrogen-bond donors (Lipinski definition) is 2. The number of amides is 1. The Morgan fingerprint density at radius 3 is 2.48 bits per heavy atom. The highest BCUT2D eigenvalue weighted by atomic mass is 35.5. The lowest BCUT2D eigenvalue weighted by molar-refractivity contribution is -0.139. The number of ketones is 1. The maximum atomic E-state index is 13.1. The van der Waals surface area contributed by atoms with Crippen molar-refractivity contribution in [2.45, 2.75) is 19.4 Å². The second-order valence-corrected chi connectivity index (χ2v) is 7.73. The summed E-state index contributed by atoms with van der Waals surface area (Å²) in [6.45, 7) is 2.15. The molecule has 1 heterocycles. The minimum Gasteiger partial charge on any atom is -0.507 e. The molecule has 1 amide bonds. The third-order valence-electron chi connectivity index (χ3n) is 5.27. The first-order valence-corrected chi connectivity index (χ1v) is 10.8. The number of rotatable bonds is 9. The molecule has 8 nitrogen and oxygen atoms in total. The van der Waals surface area contributed by atoms with E-state index >= 15 is 0 Å². The Kier molecular flexibility index (Phi) is 7.84. The molecule has 0 spiro atoms. The zero-order valence-corrected chi connectivity index (χ0v) is 19.4. The first-order valence-electron chi connectivity index (χ1n) is 10.4. The molecule has 2 N–H and O–H groups in total. The van der Waals surface area contributed by atoms with Crippen molar-refractivity contribution < 1.29 is 34.0 Å². The summed E-state index contributed by atoms with van der Waals surface area (Å²) in [6, 6.07) is 8.95. The van der Waals surface area contributed by atoms with Crippen LogP contribution in [0.5, 0.6) is 17.2 Å². The number of nitrogens with zero attached hydrogens (tertiary/aromatic N) is 1. The van der Waals surface area contributed by atoms with Gasteiger partial charge < -0.3 is 29.3 Å². The van der Waals surface area contributed by atoms with E-state index in [0.717, 1.165) is 0 Å². The Balaban J connectivity index is 2.23. The first kappa shape index (κ1) is 24.4. The molecule has 0 aliphatic carbocycles. The molecule has 1 aliphatic heterocycles. The van der Waals surface area contributed by atoms with Gasteiger partial charge in [0.2, 0.25) is 0 Å². The van der Waals surface area contributed by atoms with Crippen molar-refractivity contribution in [3.63, 3.8) is 0 Å². The van der Waals surface area contributed by atoms with E-state index in [0.29, 0.717) is 24.3 Å². The van der Waals surface area contributed by atoms with Crippen LogP contribution in [0.1, 0.15) is 30.5 Å². The van der Waals surface area contributed by atoms with E-state index in [1.165, 1.54) is 31.3 Å². The quantitative estimate of drug-likeness (QED) is 0.324. The van der Waals surface area contributed by atoms with Crippen LogP contribution in [-0.4, -0.2) is 60.8 Å². The van der Waals surface area contributed by atoms with Crippen LogP contribution in [0.2, 0.25) is 5.02 Å². The third kappa shape index (κ3) is 4.77. The largest absolute Gasteiger partial charge is 0.507 e. The molecule has 1 aliphatic rings. The van der Waals surface area contributed by atoms with Crippen LogP contribution in [0, 0.1) is 0 Å². The summed E-state index contributed by atoms with van der Waals surface area (Å²) in [5.41, 5.74) is 0.681. The van der Waals surface area contributed by atoms with Gasteiger partial charge in [-0.15, -0.1) is 0 Å². The molecule has 0 aromatic heterocycles. The zero-order chi connectivity index (χ0) is 24.1. The maximum absolute atomic E-state index is 13.1. The summed E-state index contributed by atoms with van der Waals surface area (Å²) in [4.78, 5) is 27.4. The lowest BCUT2D eigenvalue weighted by Gasteiger charge is -2.25. The summed E-state index contributed by atoms with van der Waals surface area (Å²) in [7, 11) is 2.83. The fraction of sp³-hybridized carbons (Fsp3) is 0.333. The molecule has 0 bridgehead atoms. The molecular formula is C24H26ClNO7. The van der Waals surface area contributed by atoms with E-state index in [1.54, 1.807) is 24.3 Å². The molecule has 1 saturated heterocycles. The van der Waals surface area contributed by atoms with E-state index in [1.807, 2.05) is 6.92 Å². The van der Waals surface area contributed by atoms with Crippen LogP contribution in [0.15, 0.2) is 42.0 Å². The first-order chi connectivity index (χ1) is 15.9. The Morgan fingerprint density at radius 2 is 1.85 bits per heavy atom. The molecule has 1 atom stereocenters. The molecular weight excluding hydrogens is 450 g/mol. The molecule has 2 aromatic carbocycles. The monoisotopic (exact) mass is 475 g/mol. The Hall–Kier alpha value is -3.23. The number of ether oxygens (including phenoxy) is 3. The number of carbonyl (C=O) groups excluding carboxylic acids is 2. The van der Waals surface area contributed by atoms with Crippen molar-refractivity contribution in [2.75, 3.05) is 34.0 Å². The zero-order valence-electron chi connectivity index (χ0n) is 18.6. The van der Waals surface area contributed by atoms with Crippen LogP contribution in [0.3, 0.4) is 0 Å². The van der Waals surface area contributed by atoms with Gasteiger partial charge in [-0.05, 0) is 30.2 Å². The smallest absolute Gasteiger partial charge is 0.295 e. The predicted molar refractivity (Wildman–Crippen MR) is 123 cm³/mol. The molecule has 9 heteroatoms. The third-order valence-corrected chi connectivity index (χ3v) is 5.56. The maximum Gasteiger partial charge on any atom is 0.295 e. The van der Waals surface area contributed by atoms with Crippen LogP contribution in [0.4, 0.5) is 0 Å². The highest BCUT2D eigenvalue weighted by Crippen LogP contribution is 2.43.